The Balaban J connectivity index is 1.39. The molecule has 35 heavy (non-hydrogen) atoms. The lowest BCUT2D eigenvalue weighted by Gasteiger charge is -2.42. The van der Waals surface area contributed by atoms with Gasteiger partial charge >= 0.3 is 0 Å². The van der Waals surface area contributed by atoms with Crippen LogP contribution >= 0.6 is 23.2 Å². The molecule has 0 amide bonds. The fraction of sp³-hybridized carbons (Fsp3) is 0.480. The van der Waals surface area contributed by atoms with Crippen LogP contribution in [0, 0.1) is 11.8 Å². The van der Waals surface area contributed by atoms with Crippen molar-refractivity contribution in [3.63, 3.8) is 0 Å². The van der Waals surface area contributed by atoms with E-state index in [1.807, 2.05) is 18.2 Å². The Hall–Kier alpha value is -1.84. The van der Waals surface area contributed by atoms with Gasteiger partial charge < -0.3 is 14.6 Å². The van der Waals surface area contributed by atoms with Gasteiger partial charge in [0, 0.05) is 32.3 Å². The standard InChI is InChI=1S/C25H32Cl2N4O3S/c1-3-28-24-9-6-18-5-7-19(34-11-10-30-35(32,33)25-15-31(2)16-29-25)14-20(18)21(24)12-17-4-8-22(26)23(27)13-17/h4-5,7-8,13,15-16,20-21,24,28,30H,3,6,9-12,14H2,1-2H3. The van der Waals surface area contributed by atoms with Crippen LogP contribution in [-0.4, -0.2) is 43.7 Å². The molecule has 2 aliphatic rings. The Morgan fingerprint density at radius 1 is 1.23 bits per heavy atom. The number of aromatic nitrogens is 2. The van der Waals surface area contributed by atoms with Crippen LogP contribution in [0.4, 0.5) is 0 Å². The first-order chi connectivity index (χ1) is 16.8. The number of fused-ring (bicyclic) bond motifs is 1. The molecule has 1 aromatic heterocycles. The smallest absolute Gasteiger partial charge is 0.259 e. The van der Waals surface area contributed by atoms with E-state index >= 15 is 0 Å². The number of imidazole rings is 1. The molecule has 10 heteroatoms. The third-order valence-electron chi connectivity index (χ3n) is 6.72. The Kier molecular flexibility index (Phi) is 8.60. The maximum atomic E-state index is 12.4. The molecule has 3 atom stereocenters. The summed E-state index contributed by atoms with van der Waals surface area (Å²) < 4.78 is 34.9. The van der Waals surface area contributed by atoms with E-state index in [1.165, 1.54) is 23.7 Å². The molecule has 4 rings (SSSR count). The van der Waals surface area contributed by atoms with Gasteiger partial charge in [-0.05, 0) is 61.4 Å². The minimum atomic E-state index is -3.65. The molecule has 3 unspecified atom stereocenters. The first-order valence-corrected chi connectivity index (χ1v) is 14.2. The van der Waals surface area contributed by atoms with Crippen LogP contribution in [0.15, 0.2) is 59.2 Å². The highest BCUT2D eigenvalue weighted by atomic mass is 35.5. The minimum Gasteiger partial charge on any atom is -0.497 e. The number of nitrogens with zero attached hydrogens (tertiary/aromatic N) is 2. The number of ether oxygens (including phenoxy) is 1. The van der Waals surface area contributed by atoms with Gasteiger partial charge in [-0.25, -0.2) is 18.1 Å². The summed E-state index contributed by atoms with van der Waals surface area (Å²) in [6.45, 7) is 3.49. The van der Waals surface area contributed by atoms with Crippen molar-refractivity contribution in [1.29, 1.82) is 0 Å². The van der Waals surface area contributed by atoms with Crippen LogP contribution in [0.3, 0.4) is 0 Å². The second-order valence-corrected chi connectivity index (χ2v) is 11.7. The molecule has 2 aliphatic carbocycles. The van der Waals surface area contributed by atoms with E-state index in [0.29, 0.717) is 27.9 Å². The molecule has 1 heterocycles. The van der Waals surface area contributed by atoms with Gasteiger partial charge in [0.05, 0.1) is 22.1 Å². The molecule has 0 spiro atoms. The van der Waals surface area contributed by atoms with Crippen LogP contribution < -0.4 is 10.0 Å². The van der Waals surface area contributed by atoms with E-state index < -0.39 is 10.0 Å². The fourth-order valence-corrected chi connectivity index (χ4v) is 6.37. The maximum Gasteiger partial charge on any atom is 0.259 e. The molecule has 1 fully saturated rings. The minimum absolute atomic E-state index is 0.00581. The maximum absolute atomic E-state index is 12.4. The van der Waals surface area contributed by atoms with E-state index in [-0.39, 0.29) is 18.2 Å². The number of hydrogen-bond donors (Lipinski definition) is 2. The molecule has 0 radical (unpaired) electrons. The summed E-state index contributed by atoms with van der Waals surface area (Å²) in [5.41, 5.74) is 2.63. The summed E-state index contributed by atoms with van der Waals surface area (Å²) in [6.07, 6.45) is 11.0. The summed E-state index contributed by atoms with van der Waals surface area (Å²) in [5.74, 6) is 1.63. The molecule has 2 aromatic rings. The monoisotopic (exact) mass is 538 g/mol. The van der Waals surface area contributed by atoms with Crippen LogP contribution in [0.25, 0.3) is 0 Å². The highest BCUT2D eigenvalue weighted by Gasteiger charge is 2.37. The quantitative estimate of drug-likeness (QED) is 0.435. The fourth-order valence-electron chi connectivity index (χ4n) is 5.06. The highest BCUT2D eigenvalue weighted by Crippen LogP contribution is 2.43. The van der Waals surface area contributed by atoms with Gasteiger partial charge in [-0.2, -0.15) is 0 Å². The van der Waals surface area contributed by atoms with Crippen molar-refractivity contribution in [2.75, 3.05) is 19.7 Å². The van der Waals surface area contributed by atoms with E-state index in [0.717, 1.165) is 38.0 Å². The predicted molar refractivity (Wildman–Crippen MR) is 139 cm³/mol. The lowest BCUT2D eigenvalue weighted by molar-refractivity contribution is 0.163. The Morgan fingerprint density at radius 3 is 2.77 bits per heavy atom. The molecular formula is C25H32Cl2N4O3S. The van der Waals surface area contributed by atoms with Crippen LogP contribution in [0.5, 0.6) is 0 Å². The largest absolute Gasteiger partial charge is 0.497 e. The number of benzene rings is 1. The van der Waals surface area contributed by atoms with Crippen molar-refractivity contribution >= 4 is 33.2 Å². The SMILES string of the molecule is CCNC1CCC2=CC=C(OCCNS(=O)(=O)c3cn(C)cn3)CC2C1Cc1ccc(Cl)c(Cl)c1. The Morgan fingerprint density at radius 2 is 2.06 bits per heavy atom. The van der Waals surface area contributed by atoms with Gasteiger partial charge in [-0.1, -0.05) is 47.8 Å². The van der Waals surface area contributed by atoms with Crippen molar-refractivity contribution in [2.45, 2.75) is 43.7 Å². The normalized spacial score (nSPS) is 22.3. The number of halogens is 2. The predicted octanol–water partition coefficient (Wildman–Crippen LogP) is 4.48. The van der Waals surface area contributed by atoms with Crippen molar-refractivity contribution in [3.05, 3.63) is 69.8 Å². The number of allylic oxidation sites excluding steroid dienone is 4. The van der Waals surface area contributed by atoms with E-state index in [9.17, 15) is 8.42 Å². The molecule has 2 N–H and O–H groups in total. The van der Waals surface area contributed by atoms with Gasteiger partial charge in [0.15, 0.2) is 5.03 Å². The Bertz CT molecular complexity index is 1210. The number of sulfonamides is 1. The van der Waals surface area contributed by atoms with Crippen molar-refractivity contribution in [2.24, 2.45) is 18.9 Å². The summed E-state index contributed by atoms with van der Waals surface area (Å²) in [4.78, 5) is 3.91. The first-order valence-electron chi connectivity index (χ1n) is 11.9. The van der Waals surface area contributed by atoms with Gasteiger partial charge in [-0.3, -0.25) is 0 Å². The topological polar surface area (TPSA) is 85.3 Å². The highest BCUT2D eigenvalue weighted by molar-refractivity contribution is 7.89. The van der Waals surface area contributed by atoms with Gasteiger partial charge in [-0.15, -0.1) is 0 Å². The molecular weight excluding hydrogens is 507 g/mol. The number of aryl methyl sites for hydroxylation is 1. The molecule has 190 valence electrons. The molecule has 7 nitrogen and oxygen atoms in total. The van der Waals surface area contributed by atoms with Crippen LogP contribution in [0.2, 0.25) is 10.0 Å². The zero-order valence-corrected chi connectivity index (χ0v) is 22.3. The lowest BCUT2D eigenvalue weighted by Crippen LogP contribution is -2.45. The average Bonchev–Trinajstić information content (AvgIpc) is 3.28. The number of rotatable bonds is 10. The third kappa shape index (κ3) is 6.49. The number of nitrogens with one attached hydrogen (secondary N) is 2. The van der Waals surface area contributed by atoms with Crippen LogP contribution in [-0.2, 0) is 28.2 Å². The molecule has 1 saturated carbocycles. The van der Waals surface area contributed by atoms with Gasteiger partial charge in [0.2, 0.25) is 0 Å². The molecule has 0 saturated heterocycles. The van der Waals surface area contributed by atoms with Crippen LogP contribution in [0.1, 0.15) is 31.7 Å². The lowest BCUT2D eigenvalue weighted by atomic mass is 9.67. The van der Waals surface area contributed by atoms with Crippen molar-refractivity contribution in [3.8, 4) is 0 Å². The van der Waals surface area contributed by atoms with E-state index in [4.69, 9.17) is 27.9 Å². The molecule has 0 bridgehead atoms. The summed E-state index contributed by atoms with van der Waals surface area (Å²) in [5, 5.41) is 4.84. The zero-order chi connectivity index (χ0) is 25.0. The van der Waals surface area contributed by atoms with Gasteiger partial charge in [0.1, 0.15) is 6.61 Å². The molecule has 1 aromatic carbocycles. The summed E-state index contributed by atoms with van der Waals surface area (Å²) in [6, 6.07) is 6.29. The van der Waals surface area contributed by atoms with Gasteiger partial charge in [0.25, 0.3) is 10.0 Å². The van der Waals surface area contributed by atoms with Crippen molar-refractivity contribution < 1.29 is 13.2 Å². The summed E-state index contributed by atoms with van der Waals surface area (Å²) >= 11 is 12.4. The third-order valence-corrected chi connectivity index (χ3v) is 8.80. The second kappa shape index (κ2) is 11.5. The average molecular weight is 540 g/mol. The van der Waals surface area contributed by atoms with Crippen molar-refractivity contribution in [1.82, 2.24) is 19.6 Å². The first kappa shape index (κ1) is 26.2. The van der Waals surface area contributed by atoms with E-state index in [2.05, 4.69) is 34.1 Å². The molecule has 0 aliphatic heterocycles. The van der Waals surface area contributed by atoms with E-state index in [1.54, 1.807) is 11.6 Å². The number of hydrogen-bond acceptors (Lipinski definition) is 5. The second-order valence-electron chi connectivity index (χ2n) is 9.13. The zero-order valence-electron chi connectivity index (χ0n) is 20.0. The summed E-state index contributed by atoms with van der Waals surface area (Å²) in [7, 11) is -1.92. The Labute approximate surface area is 217 Å².